The molecular weight excluding hydrogens is 1550 g/mol. The molecule has 0 aliphatic carbocycles. The summed E-state index contributed by atoms with van der Waals surface area (Å²) in [6, 6.07) is 47.1. The predicted octanol–water partition coefficient (Wildman–Crippen LogP) is 16.3. The first-order chi connectivity index (χ1) is 59.6. The summed E-state index contributed by atoms with van der Waals surface area (Å²) in [6.07, 6.45) is 15.5. The van der Waals surface area contributed by atoms with Gasteiger partial charge in [0.15, 0.2) is 0 Å². The number of carbonyl (C=O) groups excluding carboxylic acids is 7. The summed E-state index contributed by atoms with van der Waals surface area (Å²) in [5.74, 6) is 1.66. The van der Waals surface area contributed by atoms with Gasteiger partial charge in [-0.25, -0.2) is 34.3 Å². The van der Waals surface area contributed by atoms with E-state index in [2.05, 4.69) is 157 Å². The second-order valence-corrected chi connectivity index (χ2v) is 32.9. The second-order valence-electron chi connectivity index (χ2n) is 32.9. The molecule has 4 saturated heterocycles. The van der Waals surface area contributed by atoms with Crippen LogP contribution in [0.4, 0.5) is 14.4 Å². The highest BCUT2D eigenvalue weighted by Gasteiger charge is 2.46. The number of amides is 7. The zero-order valence-corrected chi connectivity index (χ0v) is 71.0. The number of likely N-dealkylation sites (tertiary alicyclic amines) is 4. The molecule has 4 aliphatic heterocycles. The highest BCUT2D eigenvalue weighted by atomic mass is 16.5. The zero-order chi connectivity index (χ0) is 86.3. The summed E-state index contributed by atoms with van der Waals surface area (Å²) in [7, 11) is 7.29. The van der Waals surface area contributed by atoms with Crippen LogP contribution in [0.3, 0.4) is 0 Å². The molecule has 7 aromatic carbocycles. The van der Waals surface area contributed by atoms with E-state index in [1.54, 1.807) is 23.2 Å². The third-order valence-corrected chi connectivity index (χ3v) is 24.4. The maximum absolute atomic E-state index is 15.6. The number of rotatable bonds is 27. The number of aromatic nitrogens is 8. The lowest BCUT2D eigenvalue weighted by Crippen LogP contribution is -2.51. The van der Waals surface area contributed by atoms with Gasteiger partial charge in [0, 0.05) is 49.4 Å². The molecule has 0 bridgehead atoms. The van der Waals surface area contributed by atoms with Crippen LogP contribution in [-0.2, 0) is 38.1 Å². The molecule has 15 rings (SSSR count). The van der Waals surface area contributed by atoms with Gasteiger partial charge in [-0.15, -0.1) is 0 Å². The summed E-state index contributed by atoms with van der Waals surface area (Å²) < 4.78 is 20.3. The molecule has 27 nitrogen and oxygen atoms in total. The molecule has 1 unspecified atom stereocenters. The van der Waals surface area contributed by atoms with E-state index in [9.17, 15) is 24.0 Å². The lowest BCUT2D eigenvalue weighted by atomic mass is 9.98. The molecule has 8 heterocycles. The Bertz CT molecular complexity index is 5770. The Labute approximate surface area is 715 Å². The van der Waals surface area contributed by atoms with Crippen LogP contribution in [0.2, 0.25) is 0 Å². The van der Waals surface area contributed by atoms with E-state index in [-0.39, 0.29) is 65.1 Å². The number of likely N-dealkylation sites (N-methyl/N-ethyl adjacent to an activating group) is 1. The van der Waals surface area contributed by atoms with Gasteiger partial charge in [0.05, 0.1) is 100 Å². The average Bonchev–Trinajstić information content (AvgIpc) is 1.22. The Kier molecular flexibility index (Phi) is 25.6. The van der Waals surface area contributed by atoms with Crippen molar-refractivity contribution in [3.8, 4) is 67.3 Å². The third kappa shape index (κ3) is 18.2. The molecule has 4 fully saturated rings. The zero-order valence-electron chi connectivity index (χ0n) is 71.0. The first-order valence-corrected chi connectivity index (χ1v) is 42.2. The third-order valence-electron chi connectivity index (χ3n) is 24.4. The number of nitrogens with one attached hydrogen (secondary N) is 7. The molecular formula is C96H106N16O11. The van der Waals surface area contributed by atoms with Gasteiger partial charge in [-0.1, -0.05) is 174 Å². The van der Waals surface area contributed by atoms with Gasteiger partial charge >= 0.3 is 18.3 Å². The van der Waals surface area contributed by atoms with Gasteiger partial charge in [-0.2, -0.15) is 0 Å². The number of hydrogen-bond acceptors (Lipinski definition) is 16. The van der Waals surface area contributed by atoms with Crippen LogP contribution < -0.4 is 16.0 Å². The molecule has 9 atom stereocenters. The van der Waals surface area contributed by atoms with Crippen molar-refractivity contribution in [2.45, 2.75) is 128 Å². The summed E-state index contributed by atoms with van der Waals surface area (Å²) in [6.45, 7) is 16.0. The number of benzene rings is 7. The van der Waals surface area contributed by atoms with Crippen molar-refractivity contribution < 1.29 is 52.5 Å². The fourth-order valence-corrected chi connectivity index (χ4v) is 17.9. The number of imidazole rings is 4. The topological polar surface area (TPSA) is 323 Å². The first kappa shape index (κ1) is 84.6. The Morgan fingerprint density at radius 2 is 0.837 bits per heavy atom. The van der Waals surface area contributed by atoms with Gasteiger partial charge in [0.2, 0.25) is 17.7 Å². The van der Waals surface area contributed by atoms with Gasteiger partial charge in [-0.05, 0) is 168 Å². The maximum atomic E-state index is 15.6. The minimum Gasteiger partial charge on any atom is -0.496 e. The SMILES string of the molecule is C=C(/C(=C\C=C/C)OC)[C@@H](NC(=O)OC)C(=O)N1CCC[C@H]1c1ncc(-c2ccc(-c3ccc4cc(-c5cnc([C@@H]6CC(CN(C)[C@@H](C(=O)N7CCC[C@H]7c7ncc(-c8ccc9cc(-c%10ccc(-c%11cnc([C@@H]%12CCCN%12C(=O)[C@@H](NC(=O)OC)C(C)C)[nH]%11)cc%10)ccc9c8)[nH]7)c7ccccc7)CN6C(=O)[C@@H](NC(=O)OC)C(C)C)[nH]5)ccc4c3)cc2)[nH]1. The second kappa shape index (κ2) is 37.3. The molecule has 27 heteroatoms. The van der Waals surface area contributed by atoms with Crippen molar-refractivity contribution in [1.29, 1.82) is 0 Å². The quantitative estimate of drug-likeness (QED) is 0.0143. The van der Waals surface area contributed by atoms with Crippen LogP contribution in [0.1, 0.15) is 139 Å². The van der Waals surface area contributed by atoms with E-state index in [0.717, 1.165) is 132 Å². The minimum absolute atomic E-state index is 0.0419. The molecule has 123 heavy (non-hydrogen) atoms. The number of H-pyrrole nitrogens is 4. The van der Waals surface area contributed by atoms with Crippen LogP contribution in [0.5, 0.6) is 0 Å². The van der Waals surface area contributed by atoms with E-state index in [4.69, 9.17) is 38.9 Å². The molecule has 0 spiro atoms. The van der Waals surface area contributed by atoms with E-state index < -0.39 is 48.5 Å². The molecule has 0 radical (unpaired) electrons. The van der Waals surface area contributed by atoms with E-state index in [0.29, 0.717) is 68.8 Å². The van der Waals surface area contributed by atoms with E-state index in [1.807, 2.05) is 123 Å². The number of aromatic amines is 4. The number of methoxy groups -OCH3 is 4. The highest BCUT2D eigenvalue weighted by molar-refractivity contribution is 5.94. The van der Waals surface area contributed by atoms with E-state index >= 15 is 9.59 Å². The van der Waals surface area contributed by atoms with Crippen molar-refractivity contribution in [3.05, 3.63) is 241 Å². The van der Waals surface area contributed by atoms with Gasteiger partial charge in [-0.3, -0.25) is 24.1 Å². The fraction of sp³-hybridized carbons (Fsp3) is 0.344. The standard InChI is InChI=1S/C96H106N16O11/c1-12-13-25-81(120-8)58(6)84(107-96(119)123-11)92(115)110-43-18-23-78(110)87-98-51-74(102-87)63-32-28-61(29-33-63)66-35-37-70-49-72(41-39-68(70)47-66)76-53-100-89(104-76)80-45-59(55-112(80)91(114)83(57(4)5)106-95(118)122-10)54-108(7)85(64-20-15-14-16-21-64)93(116)111-44-19-24-79(111)88-99-52-75(103-88)71-40-38-67-46-65(34-36-69(67)48-71)60-26-30-62(31-27-60)73-50-97-86(101-73)77-22-17-42-109(77)90(113)82(56(2)3)105-94(117)121-9/h12-16,20-21,25-41,46-53,56-57,59,77-80,82-85H,6,17-19,22-24,42-45,54-55H2,1-5,7-11H3,(H,97,101)(H,98,102)(H,99,103)(H,100,104)(H,105,117)(H,106,118)(H,107,119)/b13-12-,81-25+/t59?,77-,78-,79-,80-,82-,83-,84+,85+/m0/s1. The van der Waals surface area contributed by atoms with Crippen LogP contribution in [-0.4, -0.2) is 193 Å². The Morgan fingerprint density at radius 1 is 0.463 bits per heavy atom. The summed E-state index contributed by atoms with van der Waals surface area (Å²) in [4.78, 5) is 140. The lowest BCUT2D eigenvalue weighted by Gasteiger charge is -2.34. The molecule has 7 N–H and O–H groups in total. The van der Waals surface area contributed by atoms with Gasteiger partial charge in [0.25, 0.3) is 5.91 Å². The number of alkyl carbamates (subject to hydrolysis) is 3. The van der Waals surface area contributed by atoms with Crippen molar-refractivity contribution in [3.63, 3.8) is 0 Å². The number of carbonyl (C=O) groups is 7. The van der Waals surface area contributed by atoms with E-state index in [1.165, 1.54) is 28.4 Å². The number of allylic oxidation sites excluding steroid dienone is 3. The number of fused-ring (bicyclic) bond motifs is 2. The summed E-state index contributed by atoms with van der Waals surface area (Å²) >= 11 is 0. The predicted molar refractivity (Wildman–Crippen MR) is 471 cm³/mol. The average molecular weight is 1660 g/mol. The van der Waals surface area contributed by atoms with Crippen LogP contribution >= 0.6 is 0 Å². The molecule has 11 aromatic rings. The molecule has 0 saturated carbocycles. The van der Waals surface area contributed by atoms with Crippen molar-refractivity contribution in [1.82, 2.24) is 80.3 Å². The van der Waals surface area contributed by atoms with Crippen molar-refractivity contribution in [2.24, 2.45) is 17.8 Å². The first-order valence-electron chi connectivity index (χ1n) is 42.2. The van der Waals surface area contributed by atoms with Crippen molar-refractivity contribution >= 4 is 63.5 Å². The maximum Gasteiger partial charge on any atom is 0.407 e. The number of ether oxygens (including phenoxy) is 4. The Balaban J connectivity index is 0.605. The minimum atomic E-state index is -1.14. The molecule has 636 valence electrons. The highest BCUT2D eigenvalue weighted by Crippen LogP contribution is 2.43. The molecule has 4 aromatic heterocycles. The molecule has 4 aliphatic rings. The smallest absolute Gasteiger partial charge is 0.407 e. The monoisotopic (exact) mass is 1660 g/mol. The lowest BCUT2D eigenvalue weighted by molar-refractivity contribution is -0.138. The van der Waals surface area contributed by atoms with Crippen LogP contribution in [0, 0.1) is 17.8 Å². The van der Waals surface area contributed by atoms with Gasteiger partial charge in [0.1, 0.15) is 53.2 Å². The Morgan fingerprint density at radius 3 is 1.26 bits per heavy atom. The fourth-order valence-electron chi connectivity index (χ4n) is 17.9. The van der Waals surface area contributed by atoms with Crippen LogP contribution in [0.25, 0.3) is 88.8 Å². The number of nitrogens with zero attached hydrogens (tertiary/aromatic N) is 9. The van der Waals surface area contributed by atoms with Gasteiger partial charge < -0.3 is 74.4 Å². The Hall–Kier alpha value is -13.4. The largest absolute Gasteiger partial charge is 0.496 e. The van der Waals surface area contributed by atoms with Crippen LogP contribution in [0.15, 0.2) is 213 Å². The number of hydrogen-bond donors (Lipinski definition) is 7. The van der Waals surface area contributed by atoms with Crippen molar-refractivity contribution in [2.75, 3.05) is 68.2 Å². The normalized spacial score (nSPS) is 18.4. The summed E-state index contributed by atoms with van der Waals surface area (Å²) in [5.41, 5.74) is 12.3. The summed E-state index contributed by atoms with van der Waals surface area (Å²) in [5, 5.41) is 12.4. The molecule has 7 amide bonds.